The lowest BCUT2D eigenvalue weighted by atomic mass is 9.99. The fourth-order valence-electron chi connectivity index (χ4n) is 2.63. The van der Waals surface area contributed by atoms with Crippen molar-refractivity contribution in [2.45, 2.75) is 19.4 Å². The first-order chi connectivity index (χ1) is 10.2. The third kappa shape index (κ3) is 3.31. The maximum atomic E-state index is 11.7. The van der Waals surface area contributed by atoms with Crippen LogP contribution in [0, 0.1) is 6.92 Å². The topological polar surface area (TPSA) is 41.1 Å². The minimum absolute atomic E-state index is 0.101. The number of piperazine rings is 1. The van der Waals surface area contributed by atoms with Crippen LogP contribution in [0.1, 0.15) is 11.1 Å². The molecule has 3 heteroatoms. The van der Waals surface area contributed by atoms with Crippen LogP contribution in [0.15, 0.2) is 48.5 Å². The quantitative estimate of drug-likeness (QED) is 0.905. The van der Waals surface area contributed by atoms with Crippen molar-refractivity contribution in [3.05, 3.63) is 59.7 Å². The van der Waals surface area contributed by atoms with Crippen LogP contribution in [0.5, 0.6) is 0 Å². The molecule has 0 bridgehead atoms. The molecule has 2 aromatic carbocycles. The summed E-state index contributed by atoms with van der Waals surface area (Å²) in [6.45, 7) is 3.66. The van der Waals surface area contributed by atoms with E-state index in [0.717, 1.165) is 19.5 Å². The predicted molar refractivity (Wildman–Crippen MR) is 85.1 cm³/mol. The summed E-state index contributed by atoms with van der Waals surface area (Å²) in [6.07, 6.45) is 0.736. The maximum Gasteiger partial charge on any atom is 0.237 e. The summed E-state index contributed by atoms with van der Waals surface area (Å²) in [4.78, 5) is 11.7. The molecule has 0 aliphatic carbocycles. The number of amides is 1. The van der Waals surface area contributed by atoms with E-state index in [1.54, 1.807) is 0 Å². The monoisotopic (exact) mass is 280 g/mol. The number of rotatable bonds is 3. The number of carbonyl (C=O) groups excluding carboxylic acids is 1. The fourth-order valence-corrected chi connectivity index (χ4v) is 2.63. The van der Waals surface area contributed by atoms with Gasteiger partial charge in [0.1, 0.15) is 0 Å². The van der Waals surface area contributed by atoms with Gasteiger partial charge in [0.15, 0.2) is 0 Å². The molecule has 3 nitrogen and oxygen atoms in total. The number of aryl methyl sites for hydroxylation is 1. The Morgan fingerprint density at radius 3 is 2.19 bits per heavy atom. The largest absolute Gasteiger partial charge is 0.353 e. The van der Waals surface area contributed by atoms with Gasteiger partial charge in [-0.05, 0) is 30.0 Å². The lowest BCUT2D eigenvalue weighted by molar-refractivity contribution is -0.124. The van der Waals surface area contributed by atoms with Crippen LogP contribution in [0.25, 0.3) is 11.1 Å². The Morgan fingerprint density at radius 2 is 1.57 bits per heavy atom. The first kappa shape index (κ1) is 13.8. The Balaban J connectivity index is 1.71. The van der Waals surface area contributed by atoms with Gasteiger partial charge >= 0.3 is 0 Å². The molecule has 2 N–H and O–H groups in total. The van der Waals surface area contributed by atoms with Crippen molar-refractivity contribution in [1.82, 2.24) is 10.6 Å². The molecule has 0 unspecified atom stereocenters. The third-order valence-corrected chi connectivity index (χ3v) is 3.91. The van der Waals surface area contributed by atoms with Gasteiger partial charge in [0.25, 0.3) is 0 Å². The first-order valence-electron chi connectivity index (χ1n) is 7.39. The lowest BCUT2D eigenvalue weighted by Crippen LogP contribution is -2.53. The second-order valence-electron chi connectivity index (χ2n) is 5.56. The molecule has 0 radical (unpaired) electrons. The van der Waals surface area contributed by atoms with Gasteiger partial charge in [-0.1, -0.05) is 54.1 Å². The molecule has 1 atom stereocenters. The van der Waals surface area contributed by atoms with Crippen molar-refractivity contribution < 1.29 is 4.79 Å². The fraction of sp³-hybridized carbons (Fsp3) is 0.278. The molecule has 1 aliphatic heterocycles. The van der Waals surface area contributed by atoms with Gasteiger partial charge in [-0.3, -0.25) is 4.79 Å². The smallest absolute Gasteiger partial charge is 0.237 e. The number of hydrogen-bond acceptors (Lipinski definition) is 2. The summed E-state index contributed by atoms with van der Waals surface area (Å²) in [5.74, 6) is 0.101. The second kappa shape index (κ2) is 6.10. The highest BCUT2D eigenvalue weighted by Crippen LogP contribution is 2.20. The van der Waals surface area contributed by atoms with Crippen molar-refractivity contribution in [3.8, 4) is 11.1 Å². The van der Waals surface area contributed by atoms with Crippen molar-refractivity contribution in [2.75, 3.05) is 13.1 Å². The van der Waals surface area contributed by atoms with Gasteiger partial charge in [-0.25, -0.2) is 0 Å². The second-order valence-corrected chi connectivity index (χ2v) is 5.56. The molecular formula is C18H20N2O. The molecule has 1 fully saturated rings. The average molecular weight is 280 g/mol. The summed E-state index contributed by atoms with van der Waals surface area (Å²) in [5, 5.41) is 6.15. The van der Waals surface area contributed by atoms with E-state index in [1.165, 1.54) is 22.3 Å². The van der Waals surface area contributed by atoms with Gasteiger partial charge in [-0.15, -0.1) is 0 Å². The van der Waals surface area contributed by atoms with Crippen LogP contribution in [-0.4, -0.2) is 25.0 Å². The Hall–Kier alpha value is -2.13. The van der Waals surface area contributed by atoms with Crippen LogP contribution >= 0.6 is 0 Å². The summed E-state index contributed by atoms with van der Waals surface area (Å²) in [6, 6.07) is 16.9. The molecule has 0 aromatic heterocycles. The van der Waals surface area contributed by atoms with Gasteiger partial charge in [0, 0.05) is 13.1 Å². The Kier molecular flexibility index (Phi) is 4.02. The molecule has 1 heterocycles. The minimum Gasteiger partial charge on any atom is -0.353 e. The molecule has 0 saturated carbocycles. The summed E-state index contributed by atoms with van der Waals surface area (Å²) in [7, 11) is 0. The summed E-state index contributed by atoms with van der Waals surface area (Å²) >= 11 is 0. The van der Waals surface area contributed by atoms with Crippen LogP contribution in [0.2, 0.25) is 0 Å². The molecule has 2 aromatic rings. The van der Waals surface area contributed by atoms with E-state index in [-0.39, 0.29) is 11.9 Å². The molecule has 1 saturated heterocycles. The van der Waals surface area contributed by atoms with Crippen molar-refractivity contribution >= 4 is 5.91 Å². The highest BCUT2D eigenvalue weighted by atomic mass is 16.2. The number of nitrogens with one attached hydrogen (secondary N) is 2. The van der Waals surface area contributed by atoms with Gasteiger partial charge in [-0.2, -0.15) is 0 Å². The minimum atomic E-state index is -0.107. The number of carbonyl (C=O) groups is 1. The Morgan fingerprint density at radius 1 is 0.952 bits per heavy atom. The molecule has 1 aliphatic rings. The highest BCUT2D eigenvalue weighted by Gasteiger charge is 2.21. The Labute approximate surface area is 125 Å². The van der Waals surface area contributed by atoms with E-state index < -0.39 is 0 Å². The first-order valence-corrected chi connectivity index (χ1v) is 7.39. The van der Waals surface area contributed by atoms with Crippen LogP contribution in [0.3, 0.4) is 0 Å². The van der Waals surface area contributed by atoms with E-state index in [2.05, 4.69) is 66.1 Å². The lowest BCUT2D eigenvalue weighted by Gasteiger charge is -2.23. The van der Waals surface area contributed by atoms with Crippen LogP contribution in [0.4, 0.5) is 0 Å². The maximum absolute atomic E-state index is 11.7. The van der Waals surface area contributed by atoms with E-state index in [0.29, 0.717) is 0 Å². The summed E-state index contributed by atoms with van der Waals surface area (Å²) in [5.41, 5.74) is 4.88. The zero-order chi connectivity index (χ0) is 14.7. The van der Waals surface area contributed by atoms with Gasteiger partial charge in [0.05, 0.1) is 6.04 Å². The average Bonchev–Trinajstić information content (AvgIpc) is 2.51. The molecule has 0 spiro atoms. The van der Waals surface area contributed by atoms with Crippen molar-refractivity contribution in [3.63, 3.8) is 0 Å². The van der Waals surface area contributed by atoms with E-state index in [1.807, 2.05) is 0 Å². The van der Waals surface area contributed by atoms with Crippen LogP contribution in [-0.2, 0) is 11.2 Å². The van der Waals surface area contributed by atoms with E-state index >= 15 is 0 Å². The Bertz CT molecular complexity index is 617. The molecule has 3 rings (SSSR count). The molecule has 21 heavy (non-hydrogen) atoms. The predicted octanol–water partition coefficient (Wildman–Crippen LogP) is 2.29. The van der Waals surface area contributed by atoms with Crippen molar-refractivity contribution in [2.24, 2.45) is 0 Å². The van der Waals surface area contributed by atoms with Crippen molar-refractivity contribution in [1.29, 1.82) is 0 Å². The van der Waals surface area contributed by atoms with Gasteiger partial charge in [0.2, 0.25) is 5.91 Å². The SMILES string of the molecule is Cc1ccc(-c2ccc(C[C@@H]3NCCNC3=O)cc2)cc1. The molecular weight excluding hydrogens is 260 g/mol. The van der Waals surface area contributed by atoms with E-state index in [4.69, 9.17) is 0 Å². The van der Waals surface area contributed by atoms with E-state index in [9.17, 15) is 4.79 Å². The molecule has 108 valence electrons. The molecule has 1 amide bonds. The third-order valence-electron chi connectivity index (χ3n) is 3.91. The van der Waals surface area contributed by atoms with Gasteiger partial charge < -0.3 is 10.6 Å². The number of hydrogen-bond donors (Lipinski definition) is 2. The standard InChI is InChI=1S/C18H20N2O/c1-13-2-6-15(7-3-13)16-8-4-14(5-9-16)12-17-18(21)20-11-10-19-17/h2-9,17,19H,10-12H2,1H3,(H,20,21)/t17-/m0/s1. The normalized spacial score (nSPS) is 18.3. The highest BCUT2D eigenvalue weighted by molar-refractivity contribution is 5.82. The number of benzene rings is 2. The van der Waals surface area contributed by atoms with Crippen LogP contribution < -0.4 is 10.6 Å². The zero-order valence-corrected chi connectivity index (χ0v) is 12.2. The summed E-state index contributed by atoms with van der Waals surface area (Å²) < 4.78 is 0. The zero-order valence-electron chi connectivity index (χ0n) is 12.2.